The second-order valence-corrected chi connectivity index (χ2v) is 6.73. The Bertz CT molecular complexity index is 819. The van der Waals surface area contributed by atoms with Gasteiger partial charge in [-0.1, -0.05) is 11.8 Å². The average Bonchev–Trinajstić information content (AvgIpc) is 3.16. The number of carbonyl (C=O) groups is 1. The average molecular weight is 346 g/mol. The molecule has 2 heterocycles. The normalized spacial score (nSPS) is 16.2. The smallest absolute Gasteiger partial charge is 0.269 e. The Morgan fingerprint density at radius 1 is 1.42 bits per heavy atom. The summed E-state index contributed by atoms with van der Waals surface area (Å²) in [5.41, 5.74) is 1.65. The van der Waals surface area contributed by atoms with Gasteiger partial charge in [-0.25, -0.2) is 4.68 Å². The predicted octanol–water partition coefficient (Wildman–Crippen LogP) is 1.60. The van der Waals surface area contributed by atoms with Crippen LogP contribution in [0.25, 0.3) is 0 Å². The number of amides is 1. The highest BCUT2D eigenvalue weighted by Crippen LogP contribution is 2.37. The van der Waals surface area contributed by atoms with Crippen LogP contribution in [-0.4, -0.2) is 43.3 Å². The maximum atomic E-state index is 12.5. The Morgan fingerprint density at radius 3 is 3.00 bits per heavy atom. The molecule has 0 radical (unpaired) electrons. The van der Waals surface area contributed by atoms with Crippen LogP contribution in [0.3, 0.4) is 0 Å². The minimum absolute atomic E-state index is 0.0436. The van der Waals surface area contributed by atoms with Crippen LogP contribution < -0.4 is 4.90 Å². The standard InChI is InChI=1S/C14H14N6O3S/c21-13(8-24-14-15-16-17-19(14)10-1-2-10)18-6-5-9-7-11(20(22)23)3-4-12(9)18/h3-4,7,10H,1-2,5-6,8H2. The van der Waals surface area contributed by atoms with Crippen molar-refractivity contribution in [2.24, 2.45) is 0 Å². The zero-order valence-electron chi connectivity index (χ0n) is 12.7. The molecule has 0 bridgehead atoms. The summed E-state index contributed by atoms with van der Waals surface area (Å²) in [6.07, 6.45) is 2.78. The van der Waals surface area contributed by atoms with Crippen molar-refractivity contribution in [2.75, 3.05) is 17.2 Å². The summed E-state index contributed by atoms with van der Waals surface area (Å²) in [6, 6.07) is 5.00. The molecule has 1 aliphatic heterocycles. The van der Waals surface area contributed by atoms with E-state index in [4.69, 9.17) is 0 Å². The van der Waals surface area contributed by atoms with Gasteiger partial charge in [0.05, 0.1) is 16.7 Å². The molecule has 1 amide bonds. The molecule has 4 rings (SSSR count). The van der Waals surface area contributed by atoms with Gasteiger partial charge in [0.25, 0.3) is 5.69 Å². The number of non-ortho nitro benzene ring substituents is 1. The van der Waals surface area contributed by atoms with E-state index in [9.17, 15) is 14.9 Å². The lowest BCUT2D eigenvalue weighted by Gasteiger charge is -2.16. The van der Waals surface area contributed by atoms with E-state index in [1.165, 1.54) is 17.8 Å². The van der Waals surface area contributed by atoms with Gasteiger partial charge in [-0.15, -0.1) is 5.10 Å². The number of fused-ring (bicyclic) bond motifs is 1. The summed E-state index contributed by atoms with van der Waals surface area (Å²) in [5, 5.41) is 23.1. The van der Waals surface area contributed by atoms with Crippen molar-refractivity contribution >= 4 is 29.0 Å². The van der Waals surface area contributed by atoms with E-state index in [0.29, 0.717) is 24.2 Å². The molecule has 0 unspecified atom stereocenters. The van der Waals surface area contributed by atoms with Crippen LogP contribution in [-0.2, 0) is 11.2 Å². The molecule has 1 aromatic heterocycles. The first kappa shape index (κ1) is 15.1. The van der Waals surface area contributed by atoms with Crippen LogP contribution >= 0.6 is 11.8 Å². The van der Waals surface area contributed by atoms with Gasteiger partial charge in [0, 0.05) is 24.4 Å². The van der Waals surface area contributed by atoms with Crippen LogP contribution in [0.5, 0.6) is 0 Å². The Labute approximate surface area is 141 Å². The SMILES string of the molecule is O=C(CSc1nnnn1C1CC1)N1CCc2cc([N+](=O)[O-])ccc21. The van der Waals surface area contributed by atoms with E-state index < -0.39 is 4.92 Å². The fraction of sp³-hybridized carbons (Fsp3) is 0.429. The number of rotatable bonds is 5. The van der Waals surface area contributed by atoms with Gasteiger partial charge in [0.15, 0.2) is 0 Å². The van der Waals surface area contributed by atoms with Gasteiger partial charge in [-0.2, -0.15) is 0 Å². The highest BCUT2D eigenvalue weighted by molar-refractivity contribution is 7.99. The summed E-state index contributed by atoms with van der Waals surface area (Å²) in [5.74, 6) is 0.196. The topological polar surface area (TPSA) is 107 Å². The van der Waals surface area contributed by atoms with Crippen molar-refractivity contribution < 1.29 is 9.72 Å². The summed E-state index contributed by atoms with van der Waals surface area (Å²) >= 11 is 1.33. The number of thioether (sulfide) groups is 1. The zero-order valence-corrected chi connectivity index (χ0v) is 13.5. The first-order chi connectivity index (χ1) is 11.6. The molecule has 2 aliphatic rings. The summed E-state index contributed by atoms with van der Waals surface area (Å²) in [4.78, 5) is 24.6. The van der Waals surface area contributed by atoms with E-state index in [-0.39, 0.29) is 17.3 Å². The van der Waals surface area contributed by atoms with Crippen LogP contribution in [0.1, 0.15) is 24.4 Å². The third-order valence-corrected chi connectivity index (χ3v) is 5.07. The summed E-state index contributed by atoms with van der Waals surface area (Å²) in [6.45, 7) is 0.545. The number of tetrazole rings is 1. The van der Waals surface area contributed by atoms with E-state index >= 15 is 0 Å². The molecule has 9 nitrogen and oxygen atoms in total. The first-order valence-corrected chi connectivity index (χ1v) is 8.60. The number of nitro benzene ring substituents is 1. The third-order valence-electron chi connectivity index (χ3n) is 4.15. The molecule has 10 heteroatoms. The molecule has 1 aromatic carbocycles. The van der Waals surface area contributed by atoms with Crippen molar-refractivity contribution in [3.05, 3.63) is 33.9 Å². The number of nitro groups is 1. The Morgan fingerprint density at radius 2 is 2.25 bits per heavy atom. The van der Waals surface area contributed by atoms with Crippen LogP contribution in [0.15, 0.2) is 23.4 Å². The van der Waals surface area contributed by atoms with E-state index in [1.807, 2.05) is 0 Å². The molecule has 0 saturated heterocycles. The lowest BCUT2D eigenvalue weighted by molar-refractivity contribution is -0.384. The van der Waals surface area contributed by atoms with Crippen LogP contribution in [0.2, 0.25) is 0 Å². The Hall–Kier alpha value is -2.49. The molecular weight excluding hydrogens is 332 g/mol. The summed E-state index contributed by atoms with van der Waals surface area (Å²) < 4.78 is 1.78. The molecule has 24 heavy (non-hydrogen) atoms. The van der Waals surface area contributed by atoms with Gasteiger partial charge >= 0.3 is 0 Å². The lowest BCUT2D eigenvalue weighted by Crippen LogP contribution is -2.30. The van der Waals surface area contributed by atoms with Crippen molar-refractivity contribution in [1.82, 2.24) is 20.2 Å². The Balaban J connectivity index is 1.45. The maximum absolute atomic E-state index is 12.5. The lowest BCUT2D eigenvalue weighted by atomic mass is 10.1. The van der Waals surface area contributed by atoms with Gasteiger partial charge in [0.2, 0.25) is 11.1 Å². The van der Waals surface area contributed by atoms with Crippen LogP contribution in [0, 0.1) is 10.1 Å². The summed E-state index contributed by atoms with van der Waals surface area (Å²) in [7, 11) is 0. The predicted molar refractivity (Wildman–Crippen MR) is 86.0 cm³/mol. The number of aromatic nitrogens is 4. The second-order valence-electron chi connectivity index (χ2n) is 5.79. The first-order valence-electron chi connectivity index (χ1n) is 7.62. The third kappa shape index (κ3) is 2.73. The molecule has 124 valence electrons. The highest BCUT2D eigenvalue weighted by Gasteiger charge is 2.30. The number of hydrogen-bond acceptors (Lipinski definition) is 7. The largest absolute Gasteiger partial charge is 0.311 e. The fourth-order valence-corrected chi connectivity index (χ4v) is 3.61. The van der Waals surface area contributed by atoms with Crippen molar-refractivity contribution in [3.8, 4) is 0 Å². The van der Waals surface area contributed by atoms with E-state index in [2.05, 4.69) is 15.5 Å². The number of anilines is 1. The molecule has 0 atom stereocenters. The molecular formula is C14H14N6O3S. The zero-order chi connectivity index (χ0) is 16.7. The number of carbonyl (C=O) groups excluding carboxylic acids is 1. The van der Waals surface area contributed by atoms with Gasteiger partial charge in [-0.05, 0) is 41.3 Å². The molecule has 2 aromatic rings. The number of hydrogen-bond donors (Lipinski definition) is 0. The number of benzene rings is 1. The van der Waals surface area contributed by atoms with Gasteiger partial charge in [0.1, 0.15) is 0 Å². The van der Waals surface area contributed by atoms with Crippen molar-refractivity contribution in [2.45, 2.75) is 30.5 Å². The van der Waals surface area contributed by atoms with Crippen molar-refractivity contribution in [3.63, 3.8) is 0 Å². The quantitative estimate of drug-likeness (QED) is 0.460. The van der Waals surface area contributed by atoms with Crippen LogP contribution in [0.4, 0.5) is 11.4 Å². The molecule has 1 saturated carbocycles. The van der Waals surface area contributed by atoms with Crippen molar-refractivity contribution in [1.29, 1.82) is 0 Å². The van der Waals surface area contributed by atoms with Gasteiger partial charge < -0.3 is 4.90 Å². The molecule has 0 N–H and O–H groups in total. The molecule has 0 spiro atoms. The minimum atomic E-state index is -0.418. The maximum Gasteiger partial charge on any atom is 0.269 e. The van der Waals surface area contributed by atoms with Gasteiger partial charge in [-0.3, -0.25) is 14.9 Å². The minimum Gasteiger partial charge on any atom is -0.311 e. The molecule has 1 fully saturated rings. The van der Waals surface area contributed by atoms with E-state index in [1.54, 1.807) is 21.7 Å². The Kier molecular flexibility index (Phi) is 3.68. The van der Waals surface area contributed by atoms with E-state index in [0.717, 1.165) is 24.1 Å². The second kappa shape index (κ2) is 5.86. The highest BCUT2D eigenvalue weighted by atomic mass is 32.2. The molecule has 1 aliphatic carbocycles. The monoisotopic (exact) mass is 346 g/mol. The number of nitrogens with zero attached hydrogens (tertiary/aromatic N) is 6. The fourth-order valence-electron chi connectivity index (χ4n) is 2.79.